The van der Waals surface area contributed by atoms with Crippen LogP contribution in [0.3, 0.4) is 0 Å². The molecule has 2 rings (SSSR count). The molecule has 0 aliphatic carbocycles. The maximum atomic E-state index is 11.9. The van der Waals surface area contributed by atoms with Gasteiger partial charge in [0.25, 0.3) is 5.56 Å². The minimum Gasteiger partial charge on any atom is -0.494 e. The average molecular weight is 350 g/mol. The topological polar surface area (TPSA) is 31.2 Å². The summed E-state index contributed by atoms with van der Waals surface area (Å²) in [6, 6.07) is 9.99. The van der Waals surface area contributed by atoms with Crippen LogP contribution in [0.25, 0.3) is 0 Å². The quantitative estimate of drug-likeness (QED) is 0.739. The van der Waals surface area contributed by atoms with Crippen LogP contribution in [0.5, 0.6) is 5.75 Å². The normalized spacial score (nSPS) is 10.6. The van der Waals surface area contributed by atoms with E-state index in [1.807, 2.05) is 31.3 Å². The molecule has 0 aliphatic rings. The summed E-state index contributed by atoms with van der Waals surface area (Å²) < 4.78 is 8.04. The first kappa shape index (κ1) is 15.8. The monoisotopic (exact) mass is 349 g/mol. The molecular weight excluding hydrogens is 330 g/mol. The molecule has 1 aromatic carbocycles. The standard InChI is InChI=1S/C17H20BrNO2/c1-3-14-5-7-15(8-6-14)21-10-4-9-19-12-13(2)11-16(18)17(19)20/h5-8,11-12H,3-4,9-10H2,1-2H3. The first-order valence-electron chi connectivity index (χ1n) is 7.18. The van der Waals surface area contributed by atoms with Crippen LogP contribution >= 0.6 is 15.9 Å². The fourth-order valence-corrected chi connectivity index (χ4v) is 2.74. The lowest BCUT2D eigenvalue weighted by atomic mass is 10.2. The van der Waals surface area contributed by atoms with Crippen LogP contribution in [0.15, 0.2) is 45.8 Å². The molecule has 1 heterocycles. The van der Waals surface area contributed by atoms with Crippen LogP contribution in [0.4, 0.5) is 0 Å². The second kappa shape index (κ2) is 7.46. The molecule has 0 amide bonds. The van der Waals surface area contributed by atoms with E-state index in [9.17, 15) is 4.79 Å². The molecule has 0 spiro atoms. The van der Waals surface area contributed by atoms with Gasteiger partial charge in [-0.05, 0) is 65.0 Å². The number of rotatable bonds is 6. The molecule has 0 radical (unpaired) electrons. The number of aryl methyl sites for hydroxylation is 3. The van der Waals surface area contributed by atoms with Crippen molar-refractivity contribution in [2.24, 2.45) is 0 Å². The van der Waals surface area contributed by atoms with E-state index < -0.39 is 0 Å². The van der Waals surface area contributed by atoms with Crippen molar-refractivity contribution >= 4 is 15.9 Å². The average Bonchev–Trinajstić information content (AvgIpc) is 2.49. The maximum absolute atomic E-state index is 11.9. The lowest BCUT2D eigenvalue weighted by Gasteiger charge is -2.09. The Kier molecular flexibility index (Phi) is 5.62. The molecule has 0 bridgehead atoms. The molecular formula is C17H20BrNO2. The molecule has 2 aromatic rings. The molecule has 0 aliphatic heterocycles. The second-order valence-corrected chi connectivity index (χ2v) is 5.92. The third kappa shape index (κ3) is 4.46. The highest BCUT2D eigenvalue weighted by atomic mass is 79.9. The van der Waals surface area contributed by atoms with E-state index in [-0.39, 0.29) is 5.56 Å². The Morgan fingerprint density at radius 3 is 2.62 bits per heavy atom. The van der Waals surface area contributed by atoms with Crippen molar-refractivity contribution in [2.45, 2.75) is 33.2 Å². The minimum atomic E-state index is 0.00731. The first-order chi connectivity index (χ1) is 10.1. The molecule has 21 heavy (non-hydrogen) atoms. The molecule has 0 saturated carbocycles. The fraction of sp³-hybridized carbons (Fsp3) is 0.353. The Balaban J connectivity index is 1.86. The molecule has 0 unspecified atom stereocenters. The summed E-state index contributed by atoms with van der Waals surface area (Å²) in [6.07, 6.45) is 3.71. The molecule has 0 atom stereocenters. The van der Waals surface area contributed by atoms with Crippen LogP contribution in [0, 0.1) is 6.92 Å². The summed E-state index contributed by atoms with van der Waals surface area (Å²) in [6.45, 7) is 5.37. The van der Waals surface area contributed by atoms with Crippen LogP contribution in [-0.4, -0.2) is 11.2 Å². The SMILES string of the molecule is CCc1ccc(OCCCn2cc(C)cc(Br)c2=O)cc1. The van der Waals surface area contributed by atoms with Gasteiger partial charge in [0.2, 0.25) is 0 Å². The lowest BCUT2D eigenvalue weighted by Crippen LogP contribution is -2.21. The van der Waals surface area contributed by atoms with E-state index >= 15 is 0 Å². The Hall–Kier alpha value is -1.55. The Labute approximate surface area is 133 Å². The van der Waals surface area contributed by atoms with Gasteiger partial charge in [-0.2, -0.15) is 0 Å². The van der Waals surface area contributed by atoms with Crippen molar-refractivity contribution in [1.82, 2.24) is 4.57 Å². The van der Waals surface area contributed by atoms with Gasteiger partial charge in [0.05, 0.1) is 11.1 Å². The van der Waals surface area contributed by atoms with Gasteiger partial charge in [-0.25, -0.2) is 0 Å². The predicted molar refractivity (Wildman–Crippen MR) is 89.1 cm³/mol. The van der Waals surface area contributed by atoms with Crippen molar-refractivity contribution < 1.29 is 4.74 Å². The number of hydrogen-bond donors (Lipinski definition) is 0. The number of ether oxygens (including phenoxy) is 1. The number of benzene rings is 1. The molecule has 0 saturated heterocycles. The highest BCUT2D eigenvalue weighted by Gasteiger charge is 2.02. The van der Waals surface area contributed by atoms with Crippen LogP contribution < -0.4 is 10.3 Å². The van der Waals surface area contributed by atoms with Crippen molar-refractivity contribution in [3.05, 3.63) is 62.5 Å². The zero-order valence-electron chi connectivity index (χ0n) is 12.4. The lowest BCUT2D eigenvalue weighted by molar-refractivity contribution is 0.300. The first-order valence-corrected chi connectivity index (χ1v) is 7.97. The zero-order chi connectivity index (χ0) is 15.2. The number of nitrogens with zero attached hydrogens (tertiary/aromatic N) is 1. The molecule has 0 N–H and O–H groups in total. The van der Waals surface area contributed by atoms with Crippen molar-refractivity contribution in [2.75, 3.05) is 6.61 Å². The number of halogens is 1. The largest absolute Gasteiger partial charge is 0.494 e. The van der Waals surface area contributed by atoms with Gasteiger partial charge in [0.15, 0.2) is 0 Å². The summed E-state index contributed by atoms with van der Waals surface area (Å²) >= 11 is 3.29. The fourth-order valence-electron chi connectivity index (χ4n) is 2.15. The van der Waals surface area contributed by atoms with Gasteiger partial charge in [-0.15, -0.1) is 0 Å². The second-order valence-electron chi connectivity index (χ2n) is 5.06. The molecule has 112 valence electrons. The molecule has 0 fully saturated rings. The van der Waals surface area contributed by atoms with E-state index in [1.54, 1.807) is 4.57 Å². The van der Waals surface area contributed by atoms with Crippen LogP contribution in [0.1, 0.15) is 24.5 Å². The molecule has 3 nitrogen and oxygen atoms in total. The molecule has 4 heteroatoms. The van der Waals surface area contributed by atoms with Gasteiger partial charge >= 0.3 is 0 Å². The third-order valence-electron chi connectivity index (χ3n) is 3.32. The van der Waals surface area contributed by atoms with Gasteiger partial charge in [-0.1, -0.05) is 19.1 Å². The Morgan fingerprint density at radius 1 is 1.24 bits per heavy atom. The predicted octanol–water partition coefficient (Wildman–Crippen LogP) is 3.95. The smallest absolute Gasteiger partial charge is 0.264 e. The van der Waals surface area contributed by atoms with Crippen molar-refractivity contribution in [1.29, 1.82) is 0 Å². The number of pyridine rings is 1. The summed E-state index contributed by atoms with van der Waals surface area (Å²) in [5.74, 6) is 0.880. The van der Waals surface area contributed by atoms with E-state index in [1.165, 1.54) is 5.56 Å². The third-order valence-corrected chi connectivity index (χ3v) is 3.89. The van der Waals surface area contributed by atoms with Crippen molar-refractivity contribution in [3.63, 3.8) is 0 Å². The van der Waals surface area contributed by atoms with E-state index in [0.29, 0.717) is 17.6 Å². The van der Waals surface area contributed by atoms with Gasteiger partial charge in [-0.3, -0.25) is 4.79 Å². The van der Waals surface area contributed by atoms with E-state index in [4.69, 9.17) is 4.74 Å². The zero-order valence-corrected chi connectivity index (χ0v) is 14.0. The molecule has 1 aromatic heterocycles. The van der Waals surface area contributed by atoms with E-state index in [2.05, 4.69) is 35.0 Å². The van der Waals surface area contributed by atoms with E-state index in [0.717, 1.165) is 24.2 Å². The van der Waals surface area contributed by atoms with Gasteiger partial charge in [0.1, 0.15) is 5.75 Å². The van der Waals surface area contributed by atoms with Crippen molar-refractivity contribution in [3.8, 4) is 5.75 Å². The van der Waals surface area contributed by atoms with Crippen LogP contribution in [-0.2, 0) is 13.0 Å². The van der Waals surface area contributed by atoms with Gasteiger partial charge in [0, 0.05) is 12.7 Å². The highest BCUT2D eigenvalue weighted by molar-refractivity contribution is 9.10. The summed E-state index contributed by atoms with van der Waals surface area (Å²) in [4.78, 5) is 11.9. The summed E-state index contributed by atoms with van der Waals surface area (Å²) in [5, 5.41) is 0. The summed E-state index contributed by atoms with van der Waals surface area (Å²) in [7, 11) is 0. The Bertz CT molecular complexity index is 647. The number of hydrogen-bond acceptors (Lipinski definition) is 2. The maximum Gasteiger partial charge on any atom is 0.264 e. The Morgan fingerprint density at radius 2 is 1.95 bits per heavy atom. The van der Waals surface area contributed by atoms with Gasteiger partial charge < -0.3 is 9.30 Å². The van der Waals surface area contributed by atoms with Crippen LogP contribution in [0.2, 0.25) is 0 Å². The number of aromatic nitrogens is 1. The summed E-state index contributed by atoms with van der Waals surface area (Å²) in [5.41, 5.74) is 2.38. The minimum absolute atomic E-state index is 0.00731. The highest BCUT2D eigenvalue weighted by Crippen LogP contribution is 2.13.